The lowest BCUT2D eigenvalue weighted by molar-refractivity contribution is 0.0996. The van der Waals surface area contributed by atoms with Crippen molar-refractivity contribution in [3.05, 3.63) is 98.6 Å². The third-order valence-corrected chi connectivity index (χ3v) is 5.03. The van der Waals surface area contributed by atoms with Gasteiger partial charge in [-0.3, -0.25) is 9.59 Å². The Balaban J connectivity index is 2.00. The molecule has 0 spiro atoms. The van der Waals surface area contributed by atoms with Gasteiger partial charge in [0.05, 0.1) is 17.5 Å². The van der Waals surface area contributed by atoms with Crippen LogP contribution < -0.4 is 10.7 Å². The predicted molar refractivity (Wildman–Crippen MR) is 117 cm³/mol. The topological polar surface area (TPSA) is 77.1 Å². The maximum atomic E-state index is 13.1. The van der Waals surface area contributed by atoms with Crippen molar-refractivity contribution in [2.75, 3.05) is 5.32 Å². The average molecular weight is 440 g/mol. The second kappa shape index (κ2) is 8.18. The molecule has 1 amide bonds. The van der Waals surface area contributed by atoms with Crippen LogP contribution in [0.3, 0.4) is 0 Å². The van der Waals surface area contributed by atoms with E-state index in [0.717, 1.165) is 0 Å². The van der Waals surface area contributed by atoms with Crippen LogP contribution in [0.1, 0.15) is 16.2 Å². The first-order valence-corrected chi connectivity index (χ1v) is 9.71. The number of aryl methyl sites for hydroxylation is 1. The van der Waals surface area contributed by atoms with Gasteiger partial charge in [-0.15, -0.1) is 0 Å². The van der Waals surface area contributed by atoms with Gasteiger partial charge < -0.3 is 9.73 Å². The molecule has 0 fully saturated rings. The van der Waals surface area contributed by atoms with Gasteiger partial charge in [0, 0.05) is 15.6 Å². The van der Waals surface area contributed by atoms with Crippen LogP contribution in [0.2, 0.25) is 10.0 Å². The third-order valence-electron chi connectivity index (χ3n) is 4.45. The normalized spacial score (nSPS) is 10.8. The molecule has 30 heavy (non-hydrogen) atoms. The number of amides is 1. The van der Waals surface area contributed by atoms with E-state index in [4.69, 9.17) is 27.6 Å². The molecule has 0 atom stereocenters. The molecule has 8 heteroatoms. The smallest absolute Gasteiger partial charge is 0.292 e. The molecule has 4 rings (SSSR count). The van der Waals surface area contributed by atoms with Gasteiger partial charge in [-0.2, -0.15) is 5.10 Å². The number of nitrogens with zero attached hydrogens (tertiary/aromatic N) is 2. The molecule has 0 aliphatic heterocycles. The molecule has 6 nitrogen and oxygen atoms in total. The number of halogens is 2. The SMILES string of the molecule is Cc1nn(-c2ccc(Cl)cc2)c(NC(=O)c2ccco2)c(-c2ccccc2Cl)c1=O. The third kappa shape index (κ3) is 3.75. The summed E-state index contributed by atoms with van der Waals surface area (Å²) in [6.07, 6.45) is 1.39. The Morgan fingerprint density at radius 3 is 2.43 bits per heavy atom. The minimum absolute atomic E-state index is 0.0933. The van der Waals surface area contributed by atoms with Gasteiger partial charge in [0.2, 0.25) is 5.43 Å². The first-order valence-electron chi connectivity index (χ1n) is 8.95. The number of furan rings is 1. The van der Waals surface area contributed by atoms with E-state index in [1.807, 2.05) is 0 Å². The van der Waals surface area contributed by atoms with Crippen LogP contribution in [-0.2, 0) is 0 Å². The van der Waals surface area contributed by atoms with Crippen molar-refractivity contribution in [2.24, 2.45) is 0 Å². The predicted octanol–water partition coefficient (Wildman–Crippen LogP) is 5.36. The maximum Gasteiger partial charge on any atom is 0.292 e. The molecule has 150 valence electrons. The molecular formula is C22H15Cl2N3O3. The zero-order chi connectivity index (χ0) is 21.3. The number of hydrogen-bond acceptors (Lipinski definition) is 4. The summed E-state index contributed by atoms with van der Waals surface area (Å²) in [5.74, 6) is -0.265. The summed E-state index contributed by atoms with van der Waals surface area (Å²) in [6, 6.07) is 16.9. The van der Waals surface area contributed by atoms with E-state index in [-0.39, 0.29) is 28.3 Å². The molecule has 2 heterocycles. The number of rotatable bonds is 4. The second-order valence-corrected chi connectivity index (χ2v) is 7.28. The monoisotopic (exact) mass is 439 g/mol. The molecule has 0 saturated heterocycles. The molecule has 0 aliphatic carbocycles. The molecule has 0 radical (unpaired) electrons. The van der Waals surface area contributed by atoms with E-state index in [9.17, 15) is 9.59 Å². The fraction of sp³-hybridized carbons (Fsp3) is 0.0455. The minimum atomic E-state index is -0.527. The Labute approximate surface area is 181 Å². The van der Waals surface area contributed by atoms with Crippen LogP contribution in [-0.4, -0.2) is 15.7 Å². The molecule has 0 bridgehead atoms. The number of carbonyl (C=O) groups is 1. The minimum Gasteiger partial charge on any atom is -0.459 e. The number of hydrogen-bond donors (Lipinski definition) is 1. The average Bonchev–Trinajstić information content (AvgIpc) is 3.27. The Hall–Kier alpha value is -3.35. The highest BCUT2D eigenvalue weighted by atomic mass is 35.5. The van der Waals surface area contributed by atoms with Crippen LogP contribution in [0, 0.1) is 6.92 Å². The van der Waals surface area contributed by atoms with E-state index in [0.29, 0.717) is 21.3 Å². The summed E-state index contributed by atoms with van der Waals surface area (Å²) < 4.78 is 6.67. The van der Waals surface area contributed by atoms with Gasteiger partial charge in [-0.25, -0.2) is 4.68 Å². The lowest BCUT2D eigenvalue weighted by Gasteiger charge is -2.18. The van der Waals surface area contributed by atoms with E-state index in [1.165, 1.54) is 17.0 Å². The largest absolute Gasteiger partial charge is 0.459 e. The summed E-state index contributed by atoms with van der Waals surface area (Å²) in [4.78, 5) is 25.9. The summed E-state index contributed by atoms with van der Waals surface area (Å²) in [5, 5.41) is 8.08. The van der Waals surface area contributed by atoms with Crippen molar-refractivity contribution in [3.8, 4) is 16.8 Å². The first-order chi connectivity index (χ1) is 14.5. The number of nitrogens with one attached hydrogen (secondary N) is 1. The van der Waals surface area contributed by atoms with Crippen molar-refractivity contribution in [3.63, 3.8) is 0 Å². The van der Waals surface area contributed by atoms with Crippen LogP contribution in [0.25, 0.3) is 16.8 Å². The van der Waals surface area contributed by atoms with Crippen LogP contribution in [0.4, 0.5) is 5.82 Å². The van der Waals surface area contributed by atoms with Crippen molar-refractivity contribution >= 4 is 34.9 Å². The lowest BCUT2D eigenvalue weighted by Crippen LogP contribution is -2.24. The van der Waals surface area contributed by atoms with Gasteiger partial charge in [0.25, 0.3) is 5.91 Å². The van der Waals surface area contributed by atoms with E-state index in [1.54, 1.807) is 61.5 Å². The van der Waals surface area contributed by atoms with Gasteiger partial charge in [-0.05, 0) is 49.4 Å². The van der Waals surface area contributed by atoms with Crippen molar-refractivity contribution < 1.29 is 9.21 Å². The summed E-state index contributed by atoms with van der Waals surface area (Å²) in [7, 11) is 0. The first kappa shape index (κ1) is 19.9. The zero-order valence-corrected chi connectivity index (χ0v) is 17.2. The van der Waals surface area contributed by atoms with E-state index in [2.05, 4.69) is 10.4 Å². The molecule has 0 saturated carbocycles. The second-order valence-electron chi connectivity index (χ2n) is 6.44. The summed E-state index contributed by atoms with van der Waals surface area (Å²) in [5.41, 5.74) is 1.21. The molecule has 4 aromatic rings. The number of benzene rings is 2. The van der Waals surface area contributed by atoms with Crippen LogP contribution >= 0.6 is 23.2 Å². The zero-order valence-electron chi connectivity index (χ0n) is 15.7. The summed E-state index contributed by atoms with van der Waals surface area (Å²) in [6.45, 7) is 1.60. The Bertz CT molecular complexity index is 1280. The van der Waals surface area contributed by atoms with Crippen molar-refractivity contribution in [1.29, 1.82) is 0 Å². The molecule has 0 aliphatic rings. The molecule has 1 N–H and O–H groups in total. The van der Waals surface area contributed by atoms with E-state index < -0.39 is 5.91 Å². The van der Waals surface area contributed by atoms with Crippen LogP contribution in [0.5, 0.6) is 0 Å². The fourth-order valence-electron chi connectivity index (χ4n) is 3.02. The number of aromatic nitrogens is 2. The molecule has 2 aromatic carbocycles. The van der Waals surface area contributed by atoms with Crippen LogP contribution in [0.15, 0.2) is 76.1 Å². The van der Waals surface area contributed by atoms with Gasteiger partial charge in [-0.1, -0.05) is 41.4 Å². The van der Waals surface area contributed by atoms with Crippen molar-refractivity contribution in [1.82, 2.24) is 9.78 Å². The molecule has 0 unspecified atom stereocenters. The Morgan fingerprint density at radius 1 is 1.03 bits per heavy atom. The number of anilines is 1. The maximum absolute atomic E-state index is 13.1. The van der Waals surface area contributed by atoms with Crippen molar-refractivity contribution in [2.45, 2.75) is 6.92 Å². The highest BCUT2D eigenvalue weighted by molar-refractivity contribution is 6.33. The lowest BCUT2D eigenvalue weighted by atomic mass is 10.0. The molecular weight excluding hydrogens is 425 g/mol. The quantitative estimate of drug-likeness (QED) is 0.464. The Kier molecular flexibility index (Phi) is 5.44. The number of carbonyl (C=O) groups excluding carboxylic acids is 1. The van der Waals surface area contributed by atoms with Gasteiger partial charge in [0.15, 0.2) is 5.76 Å². The van der Waals surface area contributed by atoms with Gasteiger partial charge in [0.1, 0.15) is 11.5 Å². The summed E-state index contributed by atoms with van der Waals surface area (Å²) >= 11 is 12.4. The Morgan fingerprint density at radius 2 is 1.77 bits per heavy atom. The fourth-order valence-corrected chi connectivity index (χ4v) is 3.37. The standard InChI is InChI=1S/C22H15Cl2N3O3/c1-13-20(28)19(16-5-2-3-6-17(16)24)21(25-22(29)18-7-4-12-30-18)27(26-13)15-10-8-14(23)9-11-15/h2-12H,1H3,(H,25,29). The highest BCUT2D eigenvalue weighted by Gasteiger charge is 2.23. The van der Waals surface area contributed by atoms with E-state index >= 15 is 0 Å². The van der Waals surface area contributed by atoms with Gasteiger partial charge >= 0.3 is 0 Å². The highest BCUT2D eigenvalue weighted by Crippen LogP contribution is 2.32. The molecule has 2 aromatic heterocycles.